The van der Waals surface area contributed by atoms with E-state index >= 15 is 0 Å². The highest BCUT2D eigenvalue weighted by atomic mass is 16.2. The first-order chi connectivity index (χ1) is 6.24. The molecule has 0 radical (unpaired) electrons. The number of hydrogen-bond acceptors (Lipinski definition) is 1. The van der Waals surface area contributed by atoms with Gasteiger partial charge in [0.2, 0.25) is 0 Å². The maximum atomic E-state index is 11.7. The molecule has 13 heavy (non-hydrogen) atoms. The van der Waals surface area contributed by atoms with Crippen molar-refractivity contribution >= 4 is 5.91 Å². The van der Waals surface area contributed by atoms with E-state index in [2.05, 4.69) is 6.58 Å². The summed E-state index contributed by atoms with van der Waals surface area (Å²) < 4.78 is 0. The van der Waals surface area contributed by atoms with Gasteiger partial charge in [-0.15, -0.1) is 0 Å². The van der Waals surface area contributed by atoms with Gasteiger partial charge in [0, 0.05) is 11.8 Å². The second-order valence-corrected chi connectivity index (χ2v) is 3.22. The Morgan fingerprint density at radius 2 is 2.31 bits per heavy atom. The van der Waals surface area contributed by atoms with Crippen LogP contribution in [0.15, 0.2) is 31.0 Å². The van der Waals surface area contributed by atoms with Crippen LogP contribution < -0.4 is 0 Å². The van der Waals surface area contributed by atoms with Gasteiger partial charge in [0.1, 0.15) is 0 Å². The van der Waals surface area contributed by atoms with Crippen molar-refractivity contribution in [2.45, 2.75) is 13.5 Å². The van der Waals surface area contributed by atoms with Crippen LogP contribution in [0.3, 0.4) is 0 Å². The van der Waals surface area contributed by atoms with Gasteiger partial charge in [0.05, 0.1) is 6.54 Å². The van der Waals surface area contributed by atoms with Crippen LogP contribution in [-0.4, -0.2) is 10.8 Å². The molecule has 1 aromatic rings. The van der Waals surface area contributed by atoms with Gasteiger partial charge in [0.25, 0.3) is 5.91 Å². The second kappa shape index (κ2) is 2.73. The van der Waals surface area contributed by atoms with Gasteiger partial charge >= 0.3 is 0 Å². The molecule has 2 heteroatoms. The largest absolute Gasteiger partial charge is 0.311 e. The summed E-state index contributed by atoms with van der Waals surface area (Å²) in [5, 5.41) is 0. The fourth-order valence-electron chi connectivity index (χ4n) is 1.71. The Kier molecular flexibility index (Phi) is 1.69. The van der Waals surface area contributed by atoms with E-state index < -0.39 is 0 Å². The molecule has 0 unspecified atom stereocenters. The maximum Gasteiger partial charge on any atom is 0.258 e. The number of aryl methyl sites for hydroxylation is 1. The van der Waals surface area contributed by atoms with Crippen molar-refractivity contribution in [1.82, 2.24) is 4.90 Å². The van der Waals surface area contributed by atoms with E-state index in [0.29, 0.717) is 6.54 Å². The van der Waals surface area contributed by atoms with Crippen LogP contribution in [0.2, 0.25) is 0 Å². The molecule has 1 heterocycles. The standard InChI is InChI=1S/C11H11NO/c1-3-12-7-9-6-4-5-8(2)10(9)11(12)13/h3-6H,1,7H2,2H3. The summed E-state index contributed by atoms with van der Waals surface area (Å²) in [4.78, 5) is 13.3. The SMILES string of the molecule is C=CN1Cc2cccc(C)c2C1=O. The smallest absolute Gasteiger partial charge is 0.258 e. The zero-order valence-electron chi connectivity index (χ0n) is 7.58. The molecule has 0 fully saturated rings. The molecule has 1 amide bonds. The summed E-state index contributed by atoms with van der Waals surface area (Å²) >= 11 is 0. The van der Waals surface area contributed by atoms with E-state index in [0.717, 1.165) is 16.7 Å². The molecule has 0 aliphatic carbocycles. The molecule has 1 aromatic carbocycles. The first-order valence-corrected chi connectivity index (χ1v) is 4.26. The first-order valence-electron chi connectivity index (χ1n) is 4.26. The molecule has 0 N–H and O–H groups in total. The Balaban J connectivity index is 2.56. The van der Waals surface area contributed by atoms with Crippen molar-refractivity contribution in [3.05, 3.63) is 47.7 Å². The molecule has 0 bridgehead atoms. The van der Waals surface area contributed by atoms with E-state index in [9.17, 15) is 4.79 Å². The number of carbonyl (C=O) groups excluding carboxylic acids is 1. The molecular weight excluding hydrogens is 162 g/mol. The van der Waals surface area contributed by atoms with Gasteiger partial charge in [0.15, 0.2) is 0 Å². The summed E-state index contributed by atoms with van der Waals surface area (Å²) in [6, 6.07) is 5.93. The van der Waals surface area contributed by atoms with Crippen molar-refractivity contribution in [3.63, 3.8) is 0 Å². The molecule has 0 saturated carbocycles. The maximum absolute atomic E-state index is 11.7. The molecule has 2 nitrogen and oxygen atoms in total. The Bertz CT molecular complexity index is 382. The van der Waals surface area contributed by atoms with Crippen LogP contribution in [0.25, 0.3) is 0 Å². The van der Waals surface area contributed by atoms with Crippen molar-refractivity contribution in [1.29, 1.82) is 0 Å². The van der Waals surface area contributed by atoms with Crippen molar-refractivity contribution < 1.29 is 4.79 Å². The van der Waals surface area contributed by atoms with Gasteiger partial charge in [-0.05, 0) is 18.1 Å². The van der Waals surface area contributed by atoms with Crippen molar-refractivity contribution in [2.75, 3.05) is 0 Å². The van der Waals surface area contributed by atoms with E-state index in [1.807, 2.05) is 25.1 Å². The number of rotatable bonds is 1. The molecule has 0 spiro atoms. The molecule has 0 aromatic heterocycles. The number of fused-ring (bicyclic) bond motifs is 1. The third kappa shape index (κ3) is 1.06. The molecule has 1 aliphatic rings. The van der Waals surface area contributed by atoms with E-state index in [4.69, 9.17) is 0 Å². The lowest BCUT2D eigenvalue weighted by Crippen LogP contribution is -2.16. The van der Waals surface area contributed by atoms with Gasteiger partial charge in [-0.25, -0.2) is 0 Å². The Morgan fingerprint density at radius 1 is 1.54 bits per heavy atom. The van der Waals surface area contributed by atoms with Crippen LogP contribution in [0, 0.1) is 6.92 Å². The third-order valence-corrected chi connectivity index (χ3v) is 2.39. The lowest BCUT2D eigenvalue weighted by atomic mass is 10.0. The average molecular weight is 173 g/mol. The summed E-state index contributed by atoms with van der Waals surface area (Å²) in [6.07, 6.45) is 1.59. The minimum atomic E-state index is 0.0723. The van der Waals surface area contributed by atoms with Crippen molar-refractivity contribution in [3.8, 4) is 0 Å². The first kappa shape index (κ1) is 8.05. The lowest BCUT2D eigenvalue weighted by molar-refractivity contribution is 0.0842. The predicted octanol–water partition coefficient (Wildman–Crippen LogP) is 2.09. The minimum absolute atomic E-state index is 0.0723. The highest BCUT2D eigenvalue weighted by molar-refractivity contribution is 6.00. The average Bonchev–Trinajstić information content (AvgIpc) is 2.44. The fraction of sp³-hybridized carbons (Fsp3) is 0.182. The monoisotopic (exact) mass is 173 g/mol. The van der Waals surface area contributed by atoms with Gasteiger partial charge in [-0.3, -0.25) is 4.79 Å². The van der Waals surface area contributed by atoms with Gasteiger partial charge in [-0.2, -0.15) is 0 Å². The number of hydrogen-bond donors (Lipinski definition) is 0. The van der Waals surface area contributed by atoms with Crippen LogP contribution in [-0.2, 0) is 6.54 Å². The lowest BCUT2D eigenvalue weighted by Gasteiger charge is -2.06. The zero-order valence-corrected chi connectivity index (χ0v) is 7.58. The van der Waals surface area contributed by atoms with Crippen LogP contribution >= 0.6 is 0 Å². The Morgan fingerprint density at radius 3 is 2.92 bits per heavy atom. The summed E-state index contributed by atoms with van der Waals surface area (Å²) in [6.45, 7) is 6.24. The third-order valence-electron chi connectivity index (χ3n) is 2.39. The minimum Gasteiger partial charge on any atom is -0.311 e. The topological polar surface area (TPSA) is 20.3 Å². The molecule has 0 atom stereocenters. The van der Waals surface area contributed by atoms with Crippen molar-refractivity contribution in [2.24, 2.45) is 0 Å². The Hall–Kier alpha value is -1.57. The fourth-order valence-corrected chi connectivity index (χ4v) is 1.71. The molecule has 2 rings (SSSR count). The number of benzene rings is 1. The van der Waals surface area contributed by atoms with E-state index in [1.54, 1.807) is 11.1 Å². The molecule has 66 valence electrons. The van der Waals surface area contributed by atoms with Crippen LogP contribution in [0.4, 0.5) is 0 Å². The normalized spacial score (nSPS) is 14.5. The summed E-state index contributed by atoms with van der Waals surface area (Å²) in [5.74, 6) is 0.0723. The summed E-state index contributed by atoms with van der Waals surface area (Å²) in [7, 11) is 0. The number of carbonyl (C=O) groups is 1. The number of amides is 1. The van der Waals surface area contributed by atoms with E-state index in [1.165, 1.54) is 0 Å². The quantitative estimate of drug-likeness (QED) is 0.636. The van der Waals surface area contributed by atoms with Gasteiger partial charge < -0.3 is 4.90 Å². The zero-order chi connectivity index (χ0) is 9.42. The van der Waals surface area contributed by atoms with Gasteiger partial charge in [-0.1, -0.05) is 24.8 Å². The van der Waals surface area contributed by atoms with Crippen LogP contribution in [0.5, 0.6) is 0 Å². The summed E-state index contributed by atoms with van der Waals surface area (Å²) in [5.41, 5.74) is 3.00. The predicted molar refractivity (Wildman–Crippen MR) is 51.2 cm³/mol. The van der Waals surface area contributed by atoms with Crippen LogP contribution in [0.1, 0.15) is 21.5 Å². The number of nitrogens with zero attached hydrogens (tertiary/aromatic N) is 1. The second-order valence-electron chi connectivity index (χ2n) is 3.22. The van der Waals surface area contributed by atoms with E-state index in [-0.39, 0.29) is 5.91 Å². The highest BCUT2D eigenvalue weighted by Crippen LogP contribution is 2.25. The Labute approximate surface area is 77.5 Å². The molecule has 1 aliphatic heterocycles. The molecule has 0 saturated heterocycles. The highest BCUT2D eigenvalue weighted by Gasteiger charge is 2.26. The molecular formula is C11H11NO.